The third kappa shape index (κ3) is 2.64. The Balaban J connectivity index is 1.99. The fourth-order valence-electron chi connectivity index (χ4n) is 2.07. The summed E-state index contributed by atoms with van der Waals surface area (Å²) in [5.41, 5.74) is 0. The highest BCUT2D eigenvalue weighted by molar-refractivity contribution is 8.14. The molecule has 0 aliphatic carbocycles. The molecule has 2 heterocycles. The van der Waals surface area contributed by atoms with Crippen molar-refractivity contribution >= 4 is 32.7 Å². The maximum Gasteiger partial charge on any atom is 0.232 e. The summed E-state index contributed by atoms with van der Waals surface area (Å²) in [7, 11) is 2.33. The van der Waals surface area contributed by atoms with Crippen LogP contribution in [0.3, 0.4) is 0 Å². The van der Waals surface area contributed by atoms with Crippen molar-refractivity contribution in [2.45, 2.75) is 12.1 Å². The Bertz CT molecular complexity index is 487. The van der Waals surface area contributed by atoms with Gasteiger partial charge in [0.1, 0.15) is 0 Å². The van der Waals surface area contributed by atoms with Crippen LogP contribution in [0.2, 0.25) is 0 Å². The summed E-state index contributed by atoms with van der Waals surface area (Å²) in [5.74, 6) is 0.667. The lowest BCUT2D eigenvalue weighted by molar-refractivity contribution is -0.125. The zero-order valence-electron chi connectivity index (χ0n) is 10.7. The van der Waals surface area contributed by atoms with Crippen LogP contribution in [-0.4, -0.2) is 79.8 Å². The number of amides is 1. The maximum absolute atomic E-state index is 11.5. The zero-order valence-corrected chi connectivity index (χ0v) is 12.3. The molecular weight excluding hydrogens is 274 g/mol. The van der Waals surface area contributed by atoms with E-state index >= 15 is 0 Å². The first-order valence-corrected chi connectivity index (χ1v) is 8.45. The molecule has 2 aliphatic heterocycles. The standard InChI is InChI=1S/C10H17N3O3S2/c1-12(2)9(14)4-17-10-11-7-5-18(15,16)6-8(7)13(10)3/h7-8H,4-6H2,1-3H3/t7-,8-/m0/s1. The Hall–Kier alpha value is -0.760. The van der Waals surface area contributed by atoms with E-state index in [-0.39, 0.29) is 29.5 Å². The average Bonchev–Trinajstić information content (AvgIpc) is 2.70. The van der Waals surface area contributed by atoms with Crippen molar-refractivity contribution in [3.63, 3.8) is 0 Å². The summed E-state index contributed by atoms with van der Waals surface area (Å²) >= 11 is 1.38. The molecule has 1 saturated heterocycles. The van der Waals surface area contributed by atoms with Gasteiger partial charge in [0.2, 0.25) is 5.91 Å². The van der Waals surface area contributed by atoms with Crippen LogP contribution in [0.25, 0.3) is 0 Å². The van der Waals surface area contributed by atoms with Crippen molar-refractivity contribution < 1.29 is 13.2 Å². The summed E-state index contributed by atoms with van der Waals surface area (Å²) in [6.07, 6.45) is 0. The molecule has 102 valence electrons. The number of carbonyl (C=O) groups is 1. The topological polar surface area (TPSA) is 70.0 Å². The number of aliphatic imine (C=N–C) groups is 1. The van der Waals surface area contributed by atoms with E-state index in [2.05, 4.69) is 4.99 Å². The van der Waals surface area contributed by atoms with Gasteiger partial charge in [-0.3, -0.25) is 9.79 Å². The molecular formula is C10H17N3O3S2. The summed E-state index contributed by atoms with van der Waals surface area (Å²) in [6.45, 7) is 0. The van der Waals surface area contributed by atoms with Gasteiger partial charge in [-0.1, -0.05) is 11.8 Å². The molecule has 0 bridgehead atoms. The highest BCUT2D eigenvalue weighted by Crippen LogP contribution is 2.29. The lowest BCUT2D eigenvalue weighted by Gasteiger charge is -2.20. The number of hydrogen-bond donors (Lipinski definition) is 0. The number of nitrogens with zero attached hydrogens (tertiary/aromatic N) is 3. The third-order valence-corrected chi connectivity index (χ3v) is 5.93. The number of amidine groups is 1. The van der Waals surface area contributed by atoms with E-state index in [0.717, 1.165) is 5.17 Å². The molecule has 2 aliphatic rings. The van der Waals surface area contributed by atoms with Gasteiger partial charge in [-0.15, -0.1) is 0 Å². The van der Waals surface area contributed by atoms with Crippen LogP contribution >= 0.6 is 11.8 Å². The van der Waals surface area contributed by atoms with Gasteiger partial charge >= 0.3 is 0 Å². The SMILES string of the molecule is CN(C)C(=O)CSC1=N[C@H]2CS(=O)(=O)C[C@@H]2N1C. The van der Waals surface area contributed by atoms with Crippen LogP contribution < -0.4 is 0 Å². The van der Waals surface area contributed by atoms with Crippen LogP contribution in [-0.2, 0) is 14.6 Å². The molecule has 1 amide bonds. The van der Waals surface area contributed by atoms with Gasteiger partial charge in [0, 0.05) is 21.1 Å². The normalized spacial score (nSPS) is 29.1. The van der Waals surface area contributed by atoms with Crippen LogP contribution in [0.15, 0.2) is 4.99 Å². The van der Waals surface area contributed by atoms with Crippen molar-refractivity contribution in [3.05, 3.63) is 0 Å². The second-order valence-corrected chi connectivity index (χ2v) is 7.91. The molecule has 1 fully saturated rings. The molecule has 0 N–H and O–H groups in total. The Labute approximate surface area is 111 Å². The summed E-state index contributed by atoms with van der Waals surface area (Å²) in [5, 5.41) is 0.773. The monoisotopic (exact) mass is 291 g/mol. The molecule has 0 saturated carbocycles. The predicted molar refractivity (Wildman–Crippen MR) is 72.6 cm³/mol. The minimum Gasteiger partial charge on any atom is -0.348 e. The lowest BCUT2D eigenvalue weighted by Crippen LogP contribution is -2.36. The van der Waals surface area contributed by atoms with E-state index < -0.39 is 9.84 Å². The fourth-order valence-corrected chi connectivity index (χ4v) is 5.05. The van der Waals surface area contributed by atoms with Gasteiger partial charge in [-0.05, 0) is 0 Å². The molecule has 2 atom stereocenters. The van der Waals surface area contributed by atoms with E-state index in [4.69, 9.17) is 0 Å². The Morgan fingerprint density at radius 1 is 1.50 bits per heavy atom. The lowest BCUT2D eigenvalue weighted by atomic mass is 10.2. The van der Waals surface area contributed by atoms with Crippen molar-refractivity contribution in [2.24, 2.45) is 4.99 Å². The average molecular weight is 291 g/mol. The molecule has 18 heavy (non-hydrogen) atoms. The van der Waals surface area contributed by atoms with Crippen LogP contribution in [0.4, 0.5) is 0 Å². The minimum absolute atomic E-state index is 0.0285. The van der Waals surface area contributed by atoms with Crippen molar-refractivity contribution in [2.75, 3.05) is 38.4 Å². The predicted octanol–water partition coefficient (Wildman–Crippen LogP) is -0.725. The summed E-state index contributed by atoms with van der Waals surface area (Å²) in [6, 6.07) is -0.205. The fraction of sp³-hybridized carbons (Fsp3) is 0.800. The van der Waals surface area contributed by atoms with Crippen molar-refractivity contribution in [1.29, 1.82) is 0 Å². The number of fused-ring (bicyclic) bond motifs is 1. The van der Waals surface area contributed by atoms with Gasteiger partial charge < -0.3 is 9.80 Å². The Morgan fingerprint density at radius 2 is 2.17 bits per heavy atom. The smallest absolute Gasteiger partial charge is 0.232 e. The Kier molecular flexibility index (Phi) is 3.59. The largest absolute Gasteiger partial charge is 0.348 e. The van der Waals surface area contributed by atoms with E-state index in [0.29, 0.717) is 5.75 Å². The quantitative estimate of drug-likeness (QED) is 0.671. The number of rotatable bonds is 2. The maximum atomic E-state index is 11.5. The minimum atomic E-state index is -2.94. The summed E-state index contributed by atoms with van der Waals surface area (Å²) in [4.78, 5) is 19.3. The molecule has 8 heteroatoms. The van der Waals surface area contributed by atoms with E-state index in [1.807, 2.05) is 11.9 Å². The van der Waals surface area contributed by atoms with Crippen molar-refractivity contribution in [1.82, 2.24) is 9.80 Å². The van der Waals surface area contributed by atoms with Crippen LogP contribution in [0.1, 0.15) is 0 Å². The number of thioether (sulfide) groups is 1. The molecule has 0 spiro atoms. The molecule has 0 aromatic rings. The Morgan fingerprint density at radius 3 is 2.72 bits per heavy atom. The van der Waals surface area contributed by atoms with E-state index in [9.17, 15) is 13.2 Å². The van der Waals surface area contributed by atoms with Crippen LogP contribution in [0.5, 0.6) is 0 Å². The third-order valence-electron chi connectivity index (χ3n) is 3.19. The molecule has 0 unspecified atom stereocenters. The molecule has 6 nitrogen and oxygen atoms in total. The number of carbonyl (C=O) groups excluding carboxylic acids is 1. The van der Waals surface area contributed by atoms with Gasteiger partial charge in [0.15, 0.2) is 15.0 Å². The first kappa shape index (κ1) is 13.7. The first-order chi connectivity index (χ1) is 8.30. The number of likely N-dealkylation sites (N-methyl/N-ethyl adjacent to an activating group) is 1. The van der Waals surface area contributed by atoms with E-state index in [1.165, 1.54) is 16.7 Å². The number of sulfone groups is 1. The number of hydrogen-bond acceptors (Lipinski definition) is 6. The van der Waals surface area contributed by atoms with E-state index in [1.54, 1.807) is 14.1 Å². The molecule has 0 aromatic heterocycles. The van der Waals surface area contributed by atoms with Crippen LogP contribution in [0, 0.1) is 0 Å². The molecule has 0 radical (unpaired) electrons. The summed E-state index contributed by atoms with van der Waals surface area (Å²) < 4.78 is 23.0. The van der Waals surface area contributed by atoms with Crippen molar-refractivity contribution in [3.8, 4) is 0 Å². The highest BCUT2D eigenvalue weighted by atomic mass is 32.2. The highest BCUT2D eigenvalue weighted by Gasteiger charge is 2.45. The second kappa shape index (κ2) is 4.73. The molecule has 2 rings (SSSR count). The molecule has 0 aromatic carbocycles. The van der Waals surface area contributed by atoms with Gasteiger partial charge in [-0.2, -0.15) is 0 Å². The zero-order chi connectivity index (χ0) is 13.5. The van der Waals surface area contributed by atoms with Gasteiger partial charge in [-0.25, -0.2) is 8.42 Å². The van der Waals surface area contributed by atoms with Gasteiger partial charge in [0.05, 0.1) is 29.3 Å². The van der Waals surface area contributed by atoms with Gasteiger partial charge in [0.25, 0.3) is 0 Å². The second-order valence-electron chi connectivity index (χ2n) is 4.81. The first-order valence-electron chi connectivity index (χ1n) is 5.64.